The van der Waals surface area contributed by atoms with Gasteiger partial charge < -0.3 is 0 Å². The Morgan fingerprint density at radius 3 is 2.00 bits per heavy atom. The zero-order valence-corrected chi connectivity index (χ0v) is 6.17. The van der Waals surface area contributed by atoms with E-state index in [2.05, 4.69) is 0 Å². The van der Waals surface area contributed by atoms with Crippen molar-refractivity contribution in [3.63, 3.8) is 0 Å². The molecule has 0 saturated heterocycles. The van der Waals surface area contributed by atoms with Gasteiger partial charge in [-0.25, -0.2) is 0 Å². The van der Waals surface area contributed by atoms with Gasteiger partial charge >= 0.3 is 0 Å². The Kier molecular flexibility index (Phi) is 3.61. The van der Waals surface area contributed by atoms with E-state index in [1.807, 2.05) is 0 Å². The number of rotatable bonds is 1. The number of allylic oxidation sites excluding steroid dienone is 1. The van der Waals surface area contributed by atoms with Gasteiger partial charge in [-0.1, -0.05) is 34.8 Å². The van der Waals surface area contributed by atoms with E-state index in [9.17, 15) is 5.11 Å². The van der Waals surface area contributed by atoms with E-state index in [4.69, 9.17) is 34.8 Å². The summed E-state index contributed by atoms with van der Waals surface area (Å²) in [5.41, 5.74) is 0. The van der Waals surface area contributed by atoms with E-state index in [1.54, 1.807) is 0 Å². The lowest BCUT2D eigenvalue weighted by Gasteiger charge is -2.03. The first kappa shape index (κ1) is 8.41. The number of hydrogen-bond donors (Lipinski definition) is 0. The third kappa shape index (κ3) is 6.41. The Hall–Kier alpha value is 0.410. The molecule has 0 aromatic carbocycles. The van der Waals surface area contributed by atoms with Gasteiger partial charge in [0.05, 0.1) is 0 Å². The normalized spacial score (nSPS) is 12.9. The maximum Gasteiger partial charge on any atom is 0.194 e. The van der Waals surface area contributed by atoms with Crippen LogP contribution in [-0.2, 0) is 5.11 Å². The Bertz CT molecular complexity index is 83.8. The third-order valence-corrected chi connectivity index (χ3v) is 0.908. The molecule has 1 radical (unpaired) electrons. The molecule has 47 valence electrons. The number of hydrogen-bond acceptors (Lipinski definition) is 0. The van der Waals surface area contributed by atoms with Crippen molar-refractivity contribution in [2.75, 3.05) is 0 Å². The molecule has 0 fully saturated rings. The van der Waals surface area contributed by atoms with Gasteiger partial charge in [-0.2, -0.15) is 0 Å². The first-order valence-corrected chi connectivity index (χ1v) is 3.03. The van der Waals surface area contributed by atoms with Crippen molar-refractivity contribution in [3.05, 3.63) is 12.3 Å². The highest BCUT2D eigenvalue weighted by atomic mass is 35.6. The predicted octanol–water partition coefficient (Wildman–Crippen LogP) is 2.69. The Morgan fingerprint density at radius 1 is 1.38 bits per heavy atom. The lowest BCUT2D eigenvalue weighted by molar-refractivity contribution is 0.350. The van der Waals surface area contributed by atoms with Gasteiger partial charge in [-0.3, -0.25) is 5.11 Å². The minimum Gasteiger partial charge on any atom is -0.299 e. The maximum absolute atomic E-state index is 9.62. The molecule has 1 nitrogen and oxygen atoms in total. The molecular weight excluding hydrogens is 170 g/mol. The second kappa shape index (κ2) is 3.44. The molecule has 0 bridgehead atoms. The van der Waals surface area contributed by atoms with Gasteiger partial charge in [0.1, 0.15) is 6.26 Å². The lowest BCUT2D eigenvalue weighted by atomic mass is 10.5. The van der Waals surface area contributed by atoms with E-state index in [-0.39, 0.29) is 6.42 Å². The molecule has 0 atom stereocenters. The molecule has 4 heteroatoms. The smallest absolute Gasteiger partial charge is 0.194 e. The Balaban J connectivity index is 3.39. The van der Waals surface area contributed by atoms with Crippen LogP contribution in [0.4, 0.5) is 0 Å². The van der Waals surface area contributed by atoms with Gasteiger partial charge in [-0.05, 0) is 6.08 Å². The summed E-state index contributed by atoms with van der Waals surface area (Å²) in [5, 5.41) is 9.62. The maximum atomic E-state index is 9.62. The van der Waals surface area contributed by atoms with Gasteiger partial charge in [0, 0.05) is 6.42 Å². The Morgan fingerprint density at radius 2 is 1.88 bits per heavy atom. The fourth-order valence-electron chi connectivity index (χ4n) is 0.182. The van der Waals surface area contributed by atoms with Crippen LogP contribution in [0, 0.1) is 0 Å². The zero-order valence-electron chi connectivity index (χ0n) is 3.90. The molecule has 8 heavy (non-hydrogen) atoms. The van der Waals surface area contributed by atoms with Crippen molar-refractivity contribution in [2.24, 2.45) is 0 Å². The molecule has 0 aromatic heterocycles. The minimum absolute atomic E-state index is 0.168. The van der Waals surface area contributed by atoms with E-state index in [1.165, 1.54) is 6.08 Å². The largest absolute Gasteiger partial charge is 0.299 e. The first-order chi connectivity index (χ1) is 3.56. The highest BCUT2D eigenvalue weighted by Gasteiger charge is 2.16. The molecule has 0 aliphatic rings. The van der Waals surface area contributed by atoms with Gasteiger partial charge in [0.25, 0.3) is 0 Å². The predicted molar refractivity (Wildman–Crippen MR) is 34.7 cm³/mol. The molecule has 0 N–H and O–H groups in total. The van der Waals surface area contributed by atoms with Gasteiger partial charge in [0.15, 0.2) is 3.79 Å². The zero-order chi connectivity index (χ0) is 6.62. The van der Waals surface area contributed by atoms with Crippen LogP contribution in [0.25, 0.3) is 0 Å². The highest BCUT2D eigenvalue weighted by molar-refractivity contribution is 6.67. The van der Waals surface area contributed by atoms with Crippen molar-refractivity contribution in [1.29, 1.82) is 0 Å². The molecule has 0 unspecified atom stereocenters. The van der Waals surface area contributed by atoms with Crippen molar-refractivity contribution >= 4 is 34.8 Å². The van der Waals surface area contributed by atoms with E-state index >= 15 is 0 Å². The van der Waals surface area contributed by atoms with Crippen LogP contribution in [0.5, 0.6) is 0 Å². The van der Waals surface area contributed by atoms with Crippen LogP contribution in [0.1, 0.15) is 6.42 Å². The summed E-state index contributed by atoms with van der Waals surface area (Å²) >= 11 is 15.8. The molecule has 0 amide bonds. The highest BCUT2D eigenvalue weighted by Crippen LogP contribution is 2.29. The van der Waals surface area contributed by atoms with E-state index in [0.29, 0.717) is 6.26 Å². The quantitative estimate of drug-likeness (QED) is 0.430. The molecule has 0 heterocycles. The lowest BCUT2D eigenvalue weighted by Crippen LogP contribution is -1.97. The second-order valence-electron chi connectivity index (χ2n) is 1.19. The standard InChI is InChI=1S/C4H4Cl3O/c5-4(6,7)2-1-3-8/h1,3H,2H2. The second-order valence-corrected chi connectivity index (χ2v) is 3.71. The Labute approximate surface area is 62.8 Å². The van der Waals surface area contributed by atoms with Crippen molar-refractivity contribution in [1.82, 2.24) is 0 Å². The molecule has 0 saturated carbocycles. The number of halogens is 3. The fraction of sp³-hybridized carbons (Fsp3) is 0.500. The van der Waals surface area contributed by atoms with Crippen LogP contribution in [0.2, 0.25) is 0 Å². The van der Waals surface area contributed by atoms with Gasteiger partial charge in [0.2, 0.25) is 0 Å². The van der Waals surface area contributed by atoms with Crippen molar-refractivity contribution in [3.8, 4) is 0 Å². The molecule has 0 aliphatic heterocycles. The summed E-state index contributed by atoms with van der Waals surface area (Å²) in [5.74, 6) is 0. The number of alkyl halides is 3. The monoisotopic (exact) mass is 173 g/mol. The molecule has 0 aromatic rings. The van der Waals surface area contributed by atoms with Crippen LogP contribution in [-0.4, -0.2) is 3.79 Å². The topological polar surface area (TPSA) is 19.9 Å². The fourth-order valence-corrected chi connectivity index (χ4v) is 0.449. The first-order valence-electron chi connectivity index (χ1n) is 1.90. The van der Waals surface area contributed by atoms with Gasteiger partial charge in [-0.15, -0.1) is 0 Å². The van der Waals surface area contributed by atoms with E-state index in [0.717, 1.165) is 0 Å². The summed E-state index contributed by atoms with van der Waals surface area (Å²) in [6, 6.07) is 0. The third-order valence-electron chi connectivity index (χ3n) is 0.446. The van der Waals surface area contributed by atoms with Crippen LogP contribution < -0.4 is 0 Å². The van der Waals surface area contributed by atoms with Crippen molar-refractivity contribution < 1.29 is 5.11 Å². The van der Waals surface area contributed by atoms with Crippen LogP contribution in [0.15, 0.2) is 12.3 Å². The van der Waals surface area contributed by atoms with E-state index < -0.39 is 3.79 Å². The molecule has 0 spiro atoms. The SMILES string of the molecule is [O]C=CCC(Cl)(Cl)Cl. The molecule has 0 rings (SSSR count). The molecular formula is C4H4Cl3O. The summed E-state index contributed by atoms with van der Waals surface area (Å²) in [6.45, 7) is 0. The van der Waals surface area contributed by atoms with Crippen molar-refractivity contribution in [2.45, 2.75) is 10.2 Å². The minimum atomic E-state index is -1.32. The summed E-state index contributed by atoms with van der Waals surface area (Å²) in [7, 11) is 0. The average molecular weight is 174 g/mol. The molecule has 0 aliphatic carbocycles. The van der Waals surface area contributed by atoms with Crippen LogP contribution >= 0.6 is 34.8 Å². The summed E-state index contributed by atoms with van der Waals surface area (Å²) in [4.78, 5) is 0. The summed E-state index contributed by atoms with van der Waals surface area (Å²) in [6.07, 6.45) is 2.02. The van der Waals surface area contributed by atoms with Crippen LogP contribution in [0.3, 0.4) is 0 Å². The summed E-state index contributed by atoms with van der Waals surface area (Å²) < 4.78 is -1.32. The average Bonchev–Trinajstić information content (AvgIpc) is 1.59.